The monoisotopic (exact) mass is 940 g/mol. The van der Waals surface area contributed by atoms with E-state index in [0.717, 1.165) is 83.4 Å². The number of rotatable bonds is 7. The smallest absolute Gasteiger partial charge is 0.160 e. The first-order chi connectivity index (χ1) is 36.7. The van der Waals surface area contributed by atoms with Crippen molar-refractivity contribution in [2.75, 3.05) is 0 Å². The second-order valence-electron chi connectivity index (χ2n) is 19.6. The Kier molecular flexibility index (Phi) is 9.48. The lowest BCUT2D eigenvalue weighted by molar-refractivity contribution is 0.669. The molecule has 0 saturated heterocycles. The molecule has 74 heavy (non-hydrogen) atoms. The van der Waals surface area contributed by atoms with Crippen LogP contribution in [0.15, 0.2) is 271 Å². The van der Waals surface area contributed by atoms with Gasteiger partial charge in [0.05, 0.1) is 16.8 Å². The first kappa shape index (κ1) is 42.0. The number of benzene rings is 11. The van der Waals surface area contributed by atoms with Gasteiger partial charge in [-0.05, 0) is 131 Å². The summed E-state index contributed by atoms with van der Waals surface area (Å²) in [4.78, 5) is 10.7. The first-order valence-corrected chi connectivity index (χ1v) is 25.4. The molecule has 0 bridgehead atoms. The maximum Gasteiger partial charge on any atom is 0.160 e. The van der Waals surface area contributed by atoms with Gasteiger partial charge in [-0.25, -0.2) is 9.97 Å². The van der Waals surface area contributed by atoms with Crippen molar-refractivity contribution in [3.8, 4) is 101 Å². The van der Waals surface area contributed by atoms with Crippen molar-refractivity contribution in [1.29, 1.82) is 0 Å². The molecule has 0 N–H and O–H groups in total. The van der Waals surface area contributed by atoms with E-state index in [9.17, 15) is 0 Å². The highest BCUT2D eigenvalue weighted by Crippen LogP contribution is 2.63. The minimum absolute atomic E-state index is 0.382. The van der Waals surface area contributed by atoms with E-state index in [4.69, 9.17) is 14.4 Å². The lowest BCUT2D eigenvalue weighted by Crippen LogP contribution is -2.25. The van der Waals surface area contributed by atoms with Gasteiger partial charge in [-0.1, -0.05) is 224 Å². The molecule has 13 aromatic rings. The van der Waals surface area contributed by atoms with Gasteiger partial charge in [-0.15, -0.1) is 0 Å². The number of hydrogen-bond acceptors (Lipinski definition) is 3. The van der Waals surface area contributed by atoms with Gasteiger partial charge >= 0.3 is 0 Å². The minimum Gasteiger partial charge on any atom is -0.456 e. The highest BCUT2D eigenvalue weighted by atomic mass is 16.3. The van der Waals surface area contributed by atoms with E-state index in [-0.39, 0.29) is 5.41 Å². The predicted molar refractivity (Wildman–Crippen MR) is 304 cm³/mol. The molecule has 0 aliphatic heterocycles. The van der Waals surface area contributed by atoms with Crippen molar-refractivity contribution in [1.82, 2.24) is 9.97 Å². The fraction of sp³-hybridized carbons (Fsp3) is 0.0141. The Bertz CT molecular complexity index is 4190. The Hall–Kier alpha value is -9.70. The molecule has 344 valence electrons. The van der Waals surface area contributed by atoms with Gasteiger partial charge in [0.25, 0.3) is 0 Å². The highest BCUT2D eigenvalue weighted by molar-refractivity contribution is 6.13. The van der Waals surface area contributed by atoms with Crippen molar-refractivity contribution in [2.45, 2.75) is 5.41 Å². The number of aromatic nitrogens is 2. The van der Waals surface area contributed by atoms with E-state index in [1.165, 1.54) is 55.6 Å². The van der Waals surface area contributed by atoms with Gasteiger partial charge in [0.15, 0.2) is 5.82 Å². The standard InChI is InChI=1S/C71H44N2O/c1-3-16-45(17-4-1)49-20-13-22-53(40-49)65-44-66(73-70(72-65)54-23-14-21-50(41-54)46-18-5-2-6-19-46)59-27-15-31-68-69(59)60-42-51(37-39-67(60)74-68)47-32-34-48(35-33-47)52-36-38-58-57-26-9-12-30-63(57)71(64(58)43-52)61-28-10-7-24-55(61)56-25-8-11-29-62(56)71/h1-44H. The molecule has 15 rings (SSSR count). The molecule has 0 unspecified atom stereocenters. The Balaban J connectivity index is 0.831. The van der Waals surface area contributed by atoms with Gasteiger partial charge in [0, 0.05) is 27.5 Å². The zero-order valence-corrected chi connectivity index (χ0v) is 40.2. The number of furan rings is 1. The second-order valence-corrected chi connectivity index (χ2v) is 19.6. The van der Waals surface area contributed by atoms with Crippen LogP contribution in [0.3, 0.4) is 0 Å². The Morgan fingerprint density at radius 1 is 0.257 bits per heavy atom. The summed E-state index contributed by atoms with van der Waals surface area (Å²) in [7, 11) is 0. The molecule has 2 heterocycles. The topological polar surface area (TPSA) is 38.9 Å². The van der Waals surface area contributed by atoms with Crippen LogP contribution in [-0.4, -0.2) is 9.97 Å². The molecule has 1 spiro atoms. The third kappa shape index (κ3) is 6.53. The summed E-state index contributed by atoms with van der Waals surface area (Å²) in [6.45, 7) is 0. The molecule has 2 aliphatic rings. The van der Waals surface area contributed by atoms with Crippen LogP contribution in [0.1, 0.15) is 22.3 Å². The van der Waals surface area contributed by atoms with Crippen LogP contribution in [0.5, 0.6) is 0 Å². The summed E-state index contributed by atoms with van der Waals surface area (Å²) in [5.74, 6) is 0.659. The molecule has 0 atom stereocenters. The molecule has 2 aliphatic carbocycles. The summed E-state index contributed by atoms with van der Waals surface area (Å²) >= 11 is 0. The maximum atomic E-state index is 6.64. The van der Waals surface area contributed by atoms with Crippen LogP contribution >= 0.6 is 0 Å². The summed E-state index contributed by atoms with van der Waals surface area (Å²) in [6, 6.07) is 96.3. The fourth-order valence-corrected chi connectivity index (χ4v) is 12.2. The van der Waals surface area contributed by atoms with Crippen LogP contribution in [-0.2, 0) is 5.41 Å². The van der Waals surface area contributed by atoms with E-state index in [1.54, 1.807) is 0 Å². The summed E-state index contributed by atoms with van der Waals surface area (Å²) in [5.41, 5.74) is 25.7. The third-order valence-electron chi connectivity index (χ3n) is 15.5. The second kappa shape index (κ2) is 16.7. The van der Waals surface area contributed by atoms with Crippen LogP contribution in [0.4, 0.5) is 0 Å². The fourth-order valence-electron chi connectivity index (χ4n) is 12.2. The zero-order chi connectivity index (χ0) is 48.7. The quantitative estimate of drug-likeness (QED) is 0.160. The van der Waals surface area contributed by atoms with E-state index in [2.05, 4.69) is 261 Å². The lowest BCUT2D eigenvalue weighted by Gasteiger charge is -2.30. The van der Waals surface area contributed by atoms with Gasteiger partial charge in [-0.2, -0.15) is 0 Å². The van der Waals surface area contributed by atoms with E-state index in [0.29, 0.717) is 5.82 Å². The van der Waals surface area contributed by atoms with E-state index >= 15 is 0 Å². The van der Waals surface area contributed by atoms with Crippen molar-refractivity contribution in [3.05, 3.63) is 289 Å². The summed E-state index contributed by atoms with van der Waals surface area (Å²) in [6.07, 6.45) is 0. The van der Waals surface area contributed by atoms with Gasteiger partial charge in [-0.3, -0.25) is 0 Å². The maximum absolute atomic E-state index is 6.64. The van der Waals surface area contributed by atoms with E-state index in [1.807, 2.05) is 6.07 Å². The van der Waals surface area contributed by atoms with Crippen molar-refractivity contribution >= 4 is 21.9 Å². The molecule has 0 saturated carbocycles. The lowest BCUT2D eigenvalue weighted by atomic mass is 9.70. The van der Waals surface area contributed by atoms with Gasteiger partial charge < -0.3 is 4.42 Å². The first-order valence-electron chi connectivity index (χ1n) is 25.4. The molecule has 2 aromatic heterocycles. The minimum atomic E-state index is -0.382. The van der Waals surface area contributed by atoms with Gasteiger partial charge in [0.1, 0.15) is 11.2 Å². The van der Waals surface area contributed by atoms with Crippen LogP contribution in [0.25, 0.3) is 123 Å². The van der Waals surface area contributed by atoms with Crippen molar-refractivity contribution in [3.63, 3.8) is 0 Å². The molecular weight excluding hydrogens is 897 g/mol. The Morgan fingerprint density at radius 3 is 1.32 bits per heavy atom. The number of hydrogen-bond donors (Lipinski definition) is 0. The molecule has 3 heteroatoms. The number of nitrogens with zero attached hydrogens (tertiary/aromatic N) is 2. The zero-order valence-electron chi connectivity index (χ0n) is 40.2. The average molecular weight is 941 g/mol. The predicted octanol–water partition coefficient (Wildman–Crippen LogP) is 18.4. The molecule has 3 nitrogen and oxygen atoms in total. The molecule has 0 radical (unpaired) electrons. The normalized spacial score (nSPS) is 12.7. The molecular formula is C71H44N2O. The van der Waals surface area contributed by atoms with Crippen molar-refractivity contribution < 1.29 is 4.42 Å². The highest BCUT2D eigenvalue weighted by Gasteiger charge is 2.51. The largest absolute Gasteiger partial charge is 0.456 e. The van der Waals surface area contributed by atoms with E-state index < -0.39 is 0 Å². The van der Waals surface area contributed by atoms with Crippen LogP contribution in [0.2, 0.25) is 0 Å². The third-order valence-corrected chi connectivity index (χ3v) is 15.5. The van der Waals surface area contributed by atoms with Crippen LogP contribution in [0, 0.1) is 0 Å². The average Bonchev–Trinajstić information content (AvgIpc) is 4.17. The van der Waals surface area contributed by atoms with Gasteiger partial charge in [0.2, 0.25) is 0 Å². The van der Waals surface area contributed by atoms with Crippen LogP contribution < -0.4 is 0 Å². The SMILES string of the molecule is c1ccc(-c2cccc(-c3cc(-c4cccc5oc6ccc(-c7ccc(-c8ccc9c(c8)C8(c%10ccccc%10-c%10ccccc%108)c8ccccc8-9)cc7)cc6c45)nc(-c4cccc(-c5ccccc5)c4)n3)c2)cc1. The summed E-state index contributed by atoms with van der Waals surface area (Å²) < 4.78 is 6.64. The molecule has 0 fully saturated rings. The Labute approximate surface area is 429 Å². The molecule has 0 amide bonds. The number of fused-ring (bicyclic) bond motifs is 13. The molecule has 11 aromatic carbocycles. The van der Waals surface area contributed by atoms with Crippen molar-refractivity contribution in [2.24, 2.45) is 0 Å². The summed E-state index contributed by atoms with van der Waals surface area (Å²) in [5, 5.41) is 2.06. The Morgan fingerprint density at radius 2 is 0.689 bits per heavy atom.